The van der Waals surface area contributed by atoms with Gasteiger partial charge in [-0.1, -0.05) is 24.3 Å². The number of aromatic nitrogens is 1. The third kappa shape index (κ3) is 4.26. The summed E-state index contributed by atoms with van der Waals surface area (Å²) in [5.41, 5.74) is 5.27. The summed E-state index contributed by atoms with van der Waals surface area (Å²) in [6.45, 7) is 0.565. The van der Waals surface area contributed by atoms with Crippen LogP contribution >= 0.6 is 11.3 Å². The molecule has 1 saturated heterocycles. The Morgan fingerprint density at radius 3 is 2.48 bits per heavy atom. The van der Waals surface area contributed by atoms with Gasteiger partial charge in [-0.3, -0.25) is 9.59 Å². The normalized spacial score (nSPS) is 18.6. The summed E-state index contributed by atoms with van der Waals surface area (Å²) < 4.78 is 27.8. The maximum absolute atomic E-state index is 14.4. The Kier molecular flexibility index (Phi) is 5.93. The van der Waals surface area contributed by atoms with E-state index in [9.17, 15) is 18.4 Å². The monoisotopic (exact) mass is 440 g/mol. The van der Waals surface area contributed by atoms with Crippen LogP contribution in [0, 0.1) is 18.1 Å². The highest BCUT2D eigenvalue weighted by molar-refractivity contribution is 7.18. The number of carbonyl (C=O) groups is 2. The quantitative estimate of drug-likeness (QED) is 0.564. The van der Waals surface area contributed by atoms with Crippen LogP contribution < -0.4 is 11.1 Å². The molecule has 2 heterocycles. The van der Waals surface area contributed by atoms with Gasteiger partial charge in [-0.05, 0) is 55.6 Å². The number of amides is 1. The standard InChI is InChI=1S/C23H20F2N3O2S/c24-15-9-7-14(8-10-15)20-19(28-21(31-20)16-5-1-2-6-17(16)25)18(29)13-23(22(26)30)11-3-4-12-27-23/h1-2,5-10,13,27H,3-4,11-12H2,(H2,26,30). The summed E-state index contributed by atoms with van der Waals surface area (Å²) in [5.74, 6) is -2.01. The first-order chi connectivity index (χ1) is 14.9. The number of nitrogens with zero attached hydrogens (tertiary/aromatic N) is 1. The number of hydrogen-bond acceptors (Lipinski definition) is 5. The van der Waals surface area contributed by atoms with Crippen LogP contribution in [0.25, 0.3) is 21.0 Å². The molecule has 1 unspecified atom stereocenters. The molecule has 1 aliphatic rings. The largest absolute Gasteiger partial charge is 0.368 e. The number of rotatable bonds is 6. The first-order valence-corrected chi connectivity index (χ1v) is 10.7. The van der Waals surface area contributed by atoms with Crippen molar-refractivity contribution < 1.29 is 18.4 Å². The lowest BCUT2D eigenvalue weighted by Gasteiger charge is -2.34. The molecule has 3 aromatic rings. The predicted molar refractivity (Wildman–Crippen MR) is 115 cm³/mol. The summed E-state index contributed by atoms with van der Waals surface area (Å²) in [6.07, 6.45) is 3.32. The van der Waals surface area contributed by atoms with E-state index in [1.54, 1.807) is 18.2 Å². The fourth-order valence-electron chi connectivity index (χ4n) is 3.66. The second kappa shape index (κ2) is 8.64. The lowest BCUT2D eigenvalue weighted by Crippen LogP contribution is -2.59. The summed E-state index contributed by atoms with van der Waals surface area (Å²) in [4.78, 5) is 30.3. The van der Waals surface area contributed by atoms with E-state index in [0.29, 0.717) is 28.4 Å². The van der Waals surface area contributed by atoms with Crippen molar-refractivity contribution >= 4 is 23.0 Å². The van der Waals surface area contributed by atoms with Crippen LogP contribution in [0.1, 0.15) is 29.8 Å². The number of benzene rings is 2. The van der Waals surface area contributed by atoms with Gasteiger partial charge in [-0.2, -0.15) is 0 Å². The van der Waals surface area contributed by atoms with E-state index < -0.39 is 28.9 Å². The van der Waals surface area contributed by atoms with Gasteiger partial charge >= 0.3 is 0 Å². The number of primary amides is 1. The van der Waals surface area contributed by atoms with Gasteiger partial charge in [0.2, 0.25) is 5.91 Å². The molecule has 0 bridgehead atoms. The lowest BCUT2D eigenvalue weighted by atomic mass is 9.83. The van der Waals surface area contributed by atoms with Gasteiger partial charge < -0.3 is 11.1 Å². The van der Waals surface area contributed by atoms with E-state index in [0.717, 1.165) is 24.2 Å². The van der Waals surface area contributed by atoms with Crippen molar-refractivity contribution in [2.75, 3.05) is 6.54 Å². The topological polar surface area (TPSA) is 85.1 Å². The molecule has 1 radical (unpaired) electrons. The molecule has 3 N–H and O–H groups in total. The molecule has 1 atom stereocenters. The van der Waals surface area contributed by atoms with Crippen molar-refractivity contribution in [2.24, 2.45) is 5.73 Å². The van der Waals surface area contributed by atoms with Crippen LogP contribution in [0.15, 0.2) is 48.5 Å². The summed E-state index contributed by atoms with van der Waals surface area (Å²) >= 11 is 1.13. The molecule has 0 aliphatic carbocycles. The number of hydrogen-bond donors (Lipinski definition) is 2. The highest BCUT2D eigenvalue weighted by Gasteiger charge is 2.41. The maximum Gasteiger partial charge on any atom is 0.238 e. The zero-order chi connectivity index (χ0) is 22.0. The minimum absolute atomic E-state index is 0.0721. The van der Waals surface area contributed by atoms with Gasteiger partial charge in [0.1, 0.15) is 27.9 Å². The second-order valence-corrected chi connectivity index (χ2v) is 8.41. The Bertz CT molecular complexity index is 1120. The lowest BCUT2D eigenvalue weighted by molar-refractivity contribution is -0.123. The minimum Gasteiger partial charge on any atom is -0.368 e. The molecule has 1 aliphatic heterocycles. The molecule has 1 fully saturated rings. The number of ketones is 1. The minimum atomic E-state index is -1.25. The number of Topliss-reactive ketones (excluding diaryl/α,β-unsaturated/α-hetero) is 1. The fraction of sp³-hybridized carbons (Fsp3) is 0.217. The number of nitrogens with two attached hydrogens (primary N) is 1. The predicted octanol–water partition coefficient (Wildman–Crippen LogP) is 4.14. The van der Waals surface area contributed by atoms with E-state index in [-0.39, 0.29) is 11.3 Å². The third-order valence-electron chi connectivity index (χ3n) is 5.33. The van der Waals surface area contributed by atoms with E-state index in [1.807, 2.05) is 0 Å². The van der Waals surface area contributed by atoms with Gasteiger partial charge in [0.15, 0.2) is 5.78 Å². The first kappa shape index (κ1) is 21.3. The van der Waals surface area contributed by atoms with Gasteiger partial charge in [-0.25, -0.2) is 13.8 Å². The van der Waals surface area contributed by atoms with E-state index >= 15 is 0 Å². The molecule has 8 heteroatoms. The fourth-order valence-corrected chi connectivity index (χ4v) is 4.76. The number of halogens is 2. The highest BCUT2D eigenvalue weighted by atomic mass is 32.1. The molecule has 31 heavy (non-hydrogen) atoms. The molecule has 159 valence electrons. The van der Waals surface area contributed by atoms with Gasteiger partial charge in [0.25, 0.3) is 0 Å². The van der Waals surface area contributed by atoms with Gasteiger partial charge in [0, 0.05) is 5.56 Å². The SMILES string of the molecule is NC(=O)C1([CH]C(=O)c2nc(-c3ccccc3F)sc2-c2ccc(F)cc2)CCCCN1. The van der Waals surface area contributed by atoms with Gasteiger partial charge in [-0.15, -0.1) is 11.3 Å². The Labute approximate surface area is 182 Å². The third-order valence-corrected chi connectivity index (χ3v) is 6.46. The first-order valence-electron chi connectivity index (χ1n) is 9.86. The van der Waals surface area contributed by atoms with Crippen LogP contribution in [0.5, 0.6) is 0 Å². The van der Waals surface area contributed by atoms with Crippen molar-refractivity contribution in [1.29, 1.82) is 0 Å². The number of thiazole rings is 1. The van der Waals surface area contributed by atoms with Gasteiger partial charge in [0.05, 0.1) is 11.3 Å². The molecule has 0 spiro atoms. The smallest absolute Gasteiger partial charge is 0.238 e. The highest BCUT2D eigenvalue weighted by Crippen LogP contribution is 2.38. The average molecular weight is 440 g/mol. The van der Waals surface area contributed by atoms with Crippen molar-refractivity contribution in [1.82, 2.24) is 10.3 Å². The maximum atomic E-state index is 14.4. The number of nitrogens with one attached hydrogen (secondary N) is 1. The second-order valence-electron chi connectivity index (χ2n) is 7.41. The Balaban J connectivity index is 1.78. The molecule has 1 amide bonds. The van der Waals surface area contributed by atoms with Crippen LogP contribution in [0.4, 0.5) is 8.78 Å². The van der Waals surface area contributed by atoms with Crippen LogP contribution in [0.2, 0.25) is 0 Å². The summed E-state index contributed by atoms with van der Waals surface area (Å²) in [5, 5.41) is 3.38. The molecular weight excluding hydrogens is 420 g/mol. The van der Waals surface area contributed by atoms with Crippen molar-refractivity contribution in [2.45, 2.75) is 24.8 Å². The molecular formula is C23H20F2N3O2S. The Morgan fingerprint density at radius 2 is 1.84 bits per heavy atom. The zero-order valence-corrected chi connectivity index (χ0v) is 17.3. The van der Waals surface area contributed by atoms with Crippen molar-refractivity contribution in [3.8, 4) is 21.0 Å². The molecule has 1 aromatic heterocycles. The molecule has 4 rings (SSSR count). The molecule has 5 nitrogen and oxygen atoms in total. The Morgan fingerprint density at radius 1 is 1.10 bits per heavy atom. The summed E-state index contributed by atoms with van der Waals surface area (Å²) in [7, 11) is 0. The van der Waals surface area contributed by atoms with Crippen molar-refractivity contribution in [3.05, 3.63) is 72.3 Å². The van der Waals surface area contributed by atoms with E-state index in [4.69, 9.17) is 5.73 Å². The molecule has 2 aromatic carbocycles. The number of carbonyl (C=O) groups excluding carboxylic acids is 2. The molecule has 0 saturated carbocycles. The van der Waals surface area contributed by atoms with E-state index in [1.165, 1.54) is 36.8 Å². The Hall–Kier alpha value is -2.97. The van der Waals surface area contributed by atoms with Crippen LogP contribution in [-0.2, 0) is 4.79 Å². The summed E-state index contributed by atoms with van der Waals surface area (Å²) in [6, 6.07) is 11.8. The van der Waals surface area contributed by atoms with Crippen molar-refractivity contribution in [3.63, 3.8) is 0 Å². The van der Waals surface area contributed by atoms with E-state index in [2.05, 4.69) is 10.3 Å². The van der Waals surface area contributed by atoms with Crippen LogP contribution in [-0.4, -0.2) is 28.8 Å². The zero-order valence-electron chi connectivity index (χ0n) is 16.5. The number of piperidine rings is 1. The van der Waals surface area contributed by atoms with Crippen LogP contribution in [0.3, 0.4) is 0 Å². The average Bonchev–Trinajstić information content (AvgIpc) is 3.20.